The normalized spacial score (nSPS) is 16.5. The number of hydrogen-bond donors (Lipinski definition) is 1. The van der Waals surface area contributed by atoms with Crippen LogP contribution >= 0.6 is 0 Å². The van der Waals surface area contributed by atoms with Gasteiger partial charge in [0, 0.05) is 67.3 Å². The number of benzene rings is 3. The number of aromatic nitrogens is 1. The van der Waals surface area contributed by atoms with Gasteiger partial charge in [-0.05, 0) is 146 Å². The number of aryl methyl sites for hydroxylation is 2. The number of amides is 1. The number of carbonyl (C=O) groups is 1. The fourth-order valence-corrected chi connectivity index (χ4v) is 8.26. The molecule has 0 aliphatic carbocycles. The van der Waals surface area contributed by atoms with Crippen molar-refractivity contribution in [2.45, 2.75) is 69.9 Å². The molecule has 0 unspecified atom stereocenters. The number of ether oxygens (including phenoxy) is 3. The van der Waals surface area contributed by atoms with E-state index < -0.39 is 11.2 Å². The number of nitrogens with one attached hydrogen (secondary N) is 1. The summed E-state index contributed by atoms with van der Waals surface area (Å²) in [5.41, 5.74) is 8.78. The van der Waals surface area contributed by atoms with Gasteiger partial charge >= 0.3 is 0 Å². The summed E-state index contributed by atoms with van der Waals surface area (Å²) in [5.74, 6) is 1.69. The van der Waals surface area contributed by atoms with E-state index in [1.54, 1.807) is 6.20 Å². The van der Waals surface area contributed by atoms with Crippen molar-refractivity contribution < 1.29 is 23.6 Å². The summed E-state index contributed by atoms with van der Waals surface area (Å²) in [6.07, 6.45) is 9.72. The first-order valence-electron chi connectivity index (χ1n) is 19.1. The van der Waals surface area contributed by atoms with Crippen molar-refractivity contribution in [2.24, 2.45) is 5.92 Å². The maximum absolute atomic E-state index is 13.8. The van der Waals surface area contributed by atoms with Crippen molar-refractivity contribution in [2.75, 3.05) is 56.3 Å². The van der Waals surface area contributed by atoms with Gasteiger partial charge in [-0.1, -0.05) is 31.5 Å². The topological polar surface area (TPSA) is 96.0 Å². The maximum atomic E-state index is 13.8. The smallest absolute Gasteiger partial charge is 0.251 e. The summed E-state index contributed by atoms with van der Waals surface area (Å²) >= 11 is -1.23. The molecule has 1 saturated heterocycles. The average Bonchev–Trinajstić information content (AvgIpc) is 3.17. The summed E-state index contributed by atoms with van der Waals surface area (Å²) in [5, 5.41) is 3.12. The molecular formula is C44H53N3O5S. The first-order valence-corrected chi connectivity index (χ1v) is 20.4. The van der Waals surface area contributed by atoms with Gasteiger partial charge in [0.15, 0.2) is 4.90 Å². The number of pyridine rings is 1. The molecule has 2 aliphatic heterocycles. The van der Waals surface area contributed by atoms with Crippen LogP contribution in [0, 0.1) is 19.8 Å². The van der Waals surface area contributed by atoms with Crippen LogP contribution in [-0.4, -0.2) is 61.6 Å². The van der Waals surface area contributed by atoms with Gasteiger partial charge in [0.05, 0.1) is 6.61 Å². The van der Waals surface area contributed by atoms with Crippen molar-refractivity contribution in [1.29, 1.82) is 0 Å². The van der Waals surface area contributed by atoms with E-state index in [1.165, 1.54) is 0 Å². The molecule has 9 heteroatoms. The van der Waals surface area contributed by atoms with Gasteiger partial charge in [-0.15, -0.1) is 0 Å². The van der Waals surface area contributed by atoms with Crippen LogP contribution in [-0.2, 0) is 31.2 Å². The molecule has 280 valence electrons. The van der Waals surface area contributed by atoms with Crippen molar-refractivity contribution in [3.05, 3.63) is 107 Å². The van der Waals surface area contributed by atoms with Crippen LogP contribution in [0.5, 0.6) is 5.75 Å². The summed E-state index contributed by atoms with van der Waals surface area (Å²) in [4.78, 5) is 21.4. The van der Waals surface area contributed by atoms with Crippen molar-refractivity contribution in [3.8, 4) is 16.9 Å². The minimum Gasteiger partial charge on any atom is -0.611 e. The second kappa shape index (κ2) is 19.3. The Morgan fingerprint density at radius 3 is 2.51 bits per heavy atom. The molecule has 1 atom stereocenters. The Morgan fingerprint density at radius 1 is 0.981 bits per heavy atom. The van der Waals surface area contributed by atoms with Gasteiger partial charge in [-0.2, -0.15) is 0 Å². The minimum absolute atomic E-state index is 0.116. The lowest BCUT2D eigenvalue weighted by Gasteiger charge is -2.33. The number of carbonyl (C=O) groups excluding carboxylic acids is 1. The van der Waals surface area contributed by atoms with Crippen molar-refractivity contribution >= 4 is 34.5 Å². The molecule has 1 N–H and O–H groups in total. The quantitative estimate of drug-likeness (QED) is 0.0963. The number of anilines is 2. The second-order valence-electron chi connectivity index (χ2n) is 14.0. The molecule has 0 bridgehead atoms. The lowest BCUT2D eigenvalue weighted by Crippen LogP contribution is -2.34. The van der Waals surface area contributed by atoms with Crippen molar-refractivity contribution in [1.82, 2.24) is 4.98 Å². The predicted molar refractivity (Wildman–Crippen MR) is 215 cm³/mol. The van der Waals surface area contributed by atoms with Gasteiger partial charge in [-0.25, -0.2) is 0 Å². The van der Waals surface area contributed by atoms with E-state index in [0.29, 0.717) is 37.0 Å². The molecule has 3 heterocycles. The van der Waals surface area contributed by atoms with E-state index >= 15 is 0 Å². The third-order valence-corrected chi connectivity index (χ3v) is 11.5. The lowest BCUT2D eigenvalue weighted by molar-refractivity contribution is -0.112. The first kappa shape index (κ1) is 38.6. The first-order chi connectivity index (χ1) is 25.9. The van der Waals surface area contributed by atoms with E-state index in [1.807, 2.05) is 56.3 Å². The van der Waals surface area contributed by atoms with Crippen LogP contribution in [0.4, 0.5) is 11.4 Å². The van der Waals surface area contributed by atoms with Crippen LogP contribution in [0.2, 0.25) is 0 Å². The fourth-order valence-electron chi connectivity index (χ4n) is 6.96. The highest BCUT2D eigenvalue weighted by Crippen LogP contribution is 2.34. The Balaban J connectivity index is 1.18. The standard InChI is InChI=1S/C44H53N3O5S/c1-4-5-23-50-26-27-52-40-13-8-35(9-14-40)36-10-17-43-38(28-36)29-37(7-6-22-47(43)30-34-19-24-51-25-20-34)44(48)46-39-11-15-41(16-12-39)53(49)31-42-32(2)18-21-45-33(42)3/h8-18,21,28-29,34H,4-7,19-20,22-27,30-31H2,1-3H3,(H,46,48)/b37-29+/t53-/m0/s1. The number of hydrogen-bond acceptors (Lipinski definition) is 7. The van der Waals surface area contributed by atoms with Gasteiger partial charge in [0.1, 0.15) is 18.1 Å². The third kappa shape index (κ3) is 10.7. The Morgan fingerprint density at radius 2 is 1.75 bits per heavy atom. The van der Waals surface area contributed by atoms with E-state index in [-0.39, 0.29) is 5.91 Å². The van der Waals surface area contributed by atoms with Crippen molar-refractivity contribution in [3.63, 3.8) is 0 Å². The number of rotatable bonds is 15. The molecule has 0 spiro atoms. The van der Waals surface area contributed by atoms with Gasteiger partial charge in [0.2, 0.25) is 0 Å². The van der Waals surface area contributed by atoms with Crippen LogP contribution < -0.4 is 15.0 Å². The van der Waals surface area contributed by atoms with E-state index in [2.05, 4.69) is 58.5 Å². The average molecular weight is 736 g/mol. The Bertz CT molecular complexity index is 1800. The highest BCUT2D eigenvalue weighted by molar-refractivity contribution is 7.90. The molecule has 0 radical (unpaired) electrons. The molecule has 1 amide bonds. The van der Waals surface area contributed by atoms with Crippen LogP contribution in [0.25, 0.3) is 17.2 Å². The van der Waals surface area contributed by atoms with Crippen LogP contribution in [0.15, 0.2) is 89.5 Å². The molecule has 53 heavy (non-hydrogen) atoms. The Hall–Kier alpha value is -4.15. The zero-order valence-electron chi connectivity index (χ0n) is 31.4. The SMILES string of the molecule is CCCCOCCOc1ccc(-c2ccc3c(c2)/C=C(/C(=O)Nc2ccc([S@@+]([O-])Cc4c(C)ccnc4C)cc2)CCCN3CC2CCOCC2)cc1. The number of nitrogens with zero attached hydrogens (tertiary/aromatic N) is 2. The van der Waals surface area contributed by atoms with Gasteiger partial charge in [-0.3, -0.25) is 9.78 Å². The molecule has 0 saturated carbocycles. The monoisotopic (exact) mass is 735 g/mol. The highest BCUT2D eigenvalue weighted by Gasteiger charge is 2.23. The van der Waals surface area contributed by atoms with Crippen LogP contribution in [0.3, 0.4) is 0 Å². The highest BCUT2D eigenvalue weighted by atomic mass is 32.2. The molecular weight excluding hydrogens is 683 g/mol. The number of fused-ring (bicyclic) bond motifs is 1. The Kier molecular flexibility index (Phi) is 14.0. The zero-order chi connectivity index (χ0) is 37.0. The van der Waals surface area contributed by atoms with E-state index in [0.717, 1.165) is 120 Å². The molecule has 1 fully saturated rings. The van der Waals surface area contributed by atoms with Gasteiger partial charge < -0.3 is 29.0 Å². The lowest BCUT2D eigenvalue weighted by atomic mass is 9.94. The van der Waals surface area contributed by atoms with E-state index in [4.69, 9.17) is 14.2 Å². The largest absolute Gasteiger partial charge is 0.611 e. The van der Waals surface area contributed by atoms with Gasteiger partial charge in [0.25, 0.3) is 5.91 Å². The molecule has 8 nitrogen and oxygen atoms in total. The predicted octanol–water partition coefficient (Wildman–Crippen LogP) is 8.92. The summed E-state index contributed by atoms with van der Waals surface area (Å²) in [6.45, 7) is 11.5. The van der Waals surface area contributed by atoms with Crippen LogP contribution in [0.1, 0.15) is 67.8 Å². The maximum Gasteiger partial charge on any atom is 0.251 e. The summed E-state index contributed by atoms with van der Waals surface area (Å²) in [6, 6.07) is 24.1. The fraction of sp³-hybridized carbons (Fsp3) is 0.409. The molecule has 4 aromatic rings. The third-order valence-electron chi connectivity index (χ3n) is 10.2. The van der Waals surface area contributed by atoms with E-state index in [9.17, 15) is 9.35 Å². The second-order valence-corrected chi connectivity index (χ2v) is 15.5. The molecule has 1 aromatic heterocycles. The minimum atomic E-state index is -1.23. The molecule has 6 rings (SSSR count). The zero-order valence-corrected chi connectivity index (χ0v) is 32.2. The summed E-state index contributed by atoms with van der Waals surface area (Å²) in [7, 11) is 0. The Labute approximate surface area is 318 Å². The number of unbranched alkanes of at least 4 members (excludes halogenated alkanes) is 1. The molecule has 2 aliphatic rings. The molecule has 3 aromatic carbocycles. The summed E-state index contributed by atoms with van der Waals surface area (Å²) < 4.78 is 30.4.